The first kappa shape index (κ1) is 22.9. The third-order valence-corrected chi connectivity index (χ3v) is 7.37. The standard InChI is InChI=1S/C21H23N3O5S2/c1-15-22-17(14-30-15)12-20(21(25)23-26)24(13-16-6-4-3-5-7-16)31(27,28)19-10-8-18(29-2)9-11-19/h3-11,14,20,26H,12-13H2,1-2H3,(H,23,25). The molecule has 0 saturated heterocycles. The van der Waals surface area contributed by atoms with Crippen LogP contribution in [0, 0.1) is 6.92 Å². The second-order valence-electron chi connectivity index (χ2n) is 6.77. The van der Waals surface area contributed by atoms with Crippen molar-refractivity contribution >= 4 is 27.3 Å². The van der Waals surface area contributed by atoms with E-state index in [4.69, 9.17) is 4.74 Å². The van der Waals surface area contributed by atoms with E-state index in [-0.39, 0.29) is 17.9 Å². The number of amides is 1. The summed E-state index contributed by atoms with van der Waals surface area (Å²) in [5.74, 6) is -0.324. The zero-order valence-corrected chi connectivity index (χ0v) is 18.7. The predicted octanol–water partition coefficient (Wildman–Crippen LogP) is 2.77. The maximum Gasteiger partial charge on any atom is 0.262 e. The first-order chi connectivity index (χ1) is 14.8. The molecule has 3 aromatic rings. The van der Waals surface area contributed by atoms with Gasteiger partial charge in [-0.1, -0.05) is 30.3 Å². The highest BCUT2D eigenvalue weighted by Gasteiger charge is 2.36. The molecule has 0 saturated carbocycles. The van der Waals surface area contributed by atoms with Gasteiger partial charge in [0.1, 0.15) is 11.8 Å². The van der Waals surface area contributed by atoms with E-state index in [0.717, 1.165) is 9.31 Å². The number of hydrogen-bond acceptors (Lipinski definition) is 7. The van der Waals surface area contributed by atoms with Gasteiger partial charge >= 0.3 is 0 Å². The van der Waals surface area contributed by atoms with Crippen LogP contribution in [0.15, 0.2) is 64.9 Å². The van der Waals surface area contributed by atoms with Crippen molar-refractivity contribution in [2.75, 3.05) is 7.11 Å². The summed E-state index contributed by atoms with van der Waals surface area (Å²) < 4.78 is 33.4. The van der Waals surface area contributed by atoms with E-state index in [9.17, 15) is 18.4 Å². The molecule has 8 nitrogen and oxygen atoms in total. The van der Waals surface area contributed by atoms with Gasteiger partial charge in [0.2, 0.25) is 10.0 Å². The highest BCUT2D eigenvalue weighted by atomic mass is 32.2. The van der Waals surface area contributed by atoms with Crippen molar-refractivity contribution in [2.24, 2.45) is 0 Å². The minimum absolute atomic E-state index is 0.00873. The predicted molar refractivity (Wildman–Crippen MR) is 116 cm³/mol. The topological polar surface area (TPSA) is 109 Å². The zero-order valence-electron chi connectivity index (χ0n) is 17.1. The minimum atomic E-state index is -4.11. The van der Waals surface area contributed by atoms with Crippen LogP contribution in [0.2, 0.25) is 0 Å². The van der Waals surface area contributed by atoms with Crippen LogP contribution in [0.3, 0.4) is 0 Å². The Bertz CT molecular complexity index is 1120. The number of sulfonamides is 1. The van der Waals surface area contributed by atoms with E-state index in [1.807, 2.05) is 13.0 Å². The molecule has 0 aliphatic heterocycles. The monoisotopic (exact) mass is 461 g/mol. The molecular weight excluding hydrogens is 438 g/mol. The van der Waals surface area contributed by atoms with Crippen LogP contribution in [0.1, 0.15) is 16.3 Å². The molecule has 2 aromatic carbocycles. The number of benzene rings is 2. The molecule has 3 rings (SSSR count). The Morgan fingerprint density at radius 1 is 1.19 bits per heavy atom. The van der Waals surface area contributed by atoms with Crippen molar-refractivity contribution in [3.05, 3.63) is 76.2 Å². The molecule has 0 aliphatic rings. The van der Waals surface area contributed by atoms with Crippen molar-refractivity contribution in [3.63, 3.8) is 0 Å². The van der Waals surface area contributed by atoms with E-state index in [2.05, 4.69) is 4.98 Å². The summed E-state index contributed by atoms with van der Waals surface area (Å²) in [5.41, 5.74) is 2.88. The lowest BCUT2D eigenvalue weighted by atomic mass is 10.1. The fourth-order valence-electron chi connectivity index (χ4n) is 3.11. The van der Waals surface area contributed by atoms with Crippen LogP contribution in [-0.2, 0) is 27.8 Å². The molecule has 31 heavy (non-hydrogen) atoms. The minimum Gasteiger partial charge on any atom is -0.497 e. The van der Waals surface area contributed by atoms with Crippen molar-refractivity contribution in [2.45, 2.75) is 30.8 Å². The average Bonchev–Trinajstić information content (AvgIpc) is 3.21. The number of carbonyl (C=O) groups excluding carboxylic acids is 1. The summed E-state index contributed by atoms with van der Waals surface area (Å²) in [5, 5.41) is 11.9. The summed E-state index contributed by atoms with van der Waals surface area (Å²) in [6.45, 7) is 1.77. The normalized spacial score (nSPS) is 12.5. The molecule has 0 spiro atoms. The van der Waals surface area contributed by atoms with Gasteiger partial charge in [-0.3, -0.25) is 10.0 Å². The molecule has 0 radical (unpaired) electrons. The summed E-state index contributed by atoms with van der Waals surface area (Å²) in [6.07, 6.45) is 0.0128. The highest BCUT2D eigenvalue weighted by molar-refractivity contribution is 7.89. The third kappa shape index (κ3) is 5.47. The second-order valence-corrected chi connectivity index (χ2v) is 9.72. The Hall–Kier alpha value is -2.79. The van der Waals surface area contributed by atoms with Gasteiger partial charge in [-0.15, -0.1) is 11.3 Å². The maximum atomic E-state index is 13.6. The molecule has 2 N–H and O–H groups in total. The number of hydrogen-bond donors (Lipinski definition) is 2. The number of carbonyl (C=O) groups is 1. The quantitative estimate of drug-likeness (QED) is 0.375. The lowest BCUT2D eigenvalue weighted by molar-refractivity contribution is -0.133. The van der Waals surface area contributed by atoms with E-state index in [1.54, 1.807) is 47.3 Å². The Kier molecular flexibility index (Phi) is 7.39. The highest BCUT2D eigenvalue weighted by Crippen LogP contribution is 2.25. The zero-order chi connectivity index (χ0) is 22.4. The summed E-state index contributed by atoms with van der Waals surface area (Å²) in [4.78, 5) is 17.0. The fraction of sp³-hybridized carbons (Fsp3) is 0.238. The number of thiazole rings is 1. The van der Waals surface area contributed by atoms with E-state index < -0.39 is 22.0 Å². The molecule has 0 aliphatic carbocycles. The molecule has 1 amide bonds. The molecule has 0 fully saturated rings. The Balaban J connectivity index is 2.06. The van der Waals surface area contributed by atoms with Crippen molar-refractivity contribution < 1.29 is 23.2 Å². The number of ether oxygens (including phenoxy) is 1. The van der Waals surface area contributed by atoms with Gasteiger partial charge in [-0.2, -0.15) is 4.31 Å². The van der Waals surface area contributed by atoms with Gasteiger partial charge in [0, 0.05) is 18.3 Å². The lowest BCUT2D eigenvalue weighted by Crippen LogP contribution is -2.49. The number of nitrogens with zero attached hydrogens (tertiary/aromatic N) is 2. The van der Waals surface area contributed by atoms with Crippen molar-refractivity contribution in [3.8, 4) is 5.75 Å². The Morgan fingerprint density at radius 3 is 2.42 bits per heavy atom. The molecule has 1 atom stereocenters. The van der Waals surface area contributed by atoms with Crippen LogP contribution in [0.5, 0.6) is 5.75 Å². The van der Waals surface area contributed by atoms with Gasteiger partial charge in [0.15, 0.2) is 0 Å². The first-order valence-corrected chi connectivity index (χ1v) is 11.7. The van der Waals surface area contributed by atoms with Crippen LogP contribution in [0.25, 0.3) is 0 Å². The number of nitrogens with one attached hydrogen (secondary N) is 1. The van der Waals surface area contributed by atoms with Gasteiger partial charge in [0.05, 0.1) is 22.7 Å². The SMILES string of the molecule is COc1ccc(S(=O)(=O)N(Cc2ccccc2)C(Cc2csc(C)n2)C(=O)NO)cc1. The fourth-order valence-corrected chi connectivity index (χ4v) is 5.31. The summed E-state index contributed by atoms with van der Waals surface area (Å²) in [7, 11) is -2.62. The first-order valence-electron chi connectivity index (χ1n) is 9.40. The Morgan fingerprint density at radius 2 is 1.87 bits per heavy atom. The van der Waals surface area contributed by atoms with E-state index in [0.29, 0.717) is 17.0 Å². The van der Waals surface area contributed by atoms with E-state index in [1.165, 1.54) is 30.6 Å². The molecule has 164 valence electrons. The van der Waals surface area contributed by atoms with Crippen LogP contribution in [-0.4, -0.2) is 42.0 Å². The lowest BCUT2D eigenvalue weighted by Gasteiger charge is -2.29. The van der Waals surface area contributed by atoms with Gasteiger partial charge < -0.3 is 4.74 Å². The van der Waals surface area contributed by atoms with Gasteiger partial charge in [0.25, 0.3) is 5.91 Å². The van der Waals surface area contributed by atoms with Crippen molar-refractivity contribution in [1.82, 2.24) is 14.8 Å². The third-order valence-electron chi connectivity index (χ3n) is 4.68. The second kappa shape index (κ2) is 10.0. The number of aromatic nitrogens is 1. The number of hydroxylamine groups is 1. The largest absolute Gasteiger partial charge is 0.497 e. The smallest absolute Gasteiger partial charge is 0.262 e. The van der Waals surface area contributed by atoms with Crippen molar-refractivity contribution in [1.29, 1.82) is 0 Å². The summed E-state index contributed by atoms with van der Waals surface area (Å²) in [6, 6.07) is 13.7. The number of methoxy groups -OCH3 is 1. The van der Waals surface area contributed by atoms with Gasteiger partial charge in [-0.25, -0.2) is 18.9 Å². The molecule has 0 bridgehead atoms. The molecule has 1 unspecified atom stereocenters. The maximum absolute atomic E-state index is 13.6. The molecular formula is C21H23N3O5S2. The summed E-state index contributed by atoms with van der Waals surface area (Å²) >= 11 is 1.40. The Labute approximate surface area is 185 Å². The molecule has 1 aromatic heterocycles. The molecule has 10 heteroatoms. The average molecular weight is 462 g/mol. The number of aryl methyl sites for hydroxylation is 1. The van der Waals surface area contributed by atoms with Crippen LogP contribution >= 0.6 is 11.3 Å². The number of rotatable bonds is 9. The van der Waals surface area contributed by atoms with Crippen LogP contribution < -0.4 is 10.2 Å². The van der Waals surface area contributed by atoms with Gasteiger partial charge in [-0.05, 0) is 36.8 Å². The molecule has 1 heterocycles. The van der Waals surface area contributed by atoms with Crippen LogP contribution in [0.4, 0.5) is 0 Å². The van der Waals surface area contributed by atoms with E-state index >= 15 is 0 Å².